The Morgan fingerprint density at radius 3 is 2.36 bits per heavy atom. The maximum absolute atomic E-state index is 12.9. The summed E-state index contributed by atoms with van der Waals surface area (Å²) in [6.45, 7) is 1.62. The van der Waals surface area contributed by atoms with Crippen LogP contribution in [0.15, 0.2) is 18.7 Å². The number of amides is 2. The van der Waals surface area contributed by atoms with Crippen molar-refractivity contribution in [3.63, 3.8) is 0 Å². The third-order valence-electron chi connectivity index (χ3n) is 5.13. The van der Waals surface area contributed by atoms with Crippen LogP contribution in [-0.2, 0) is 19.4 Å². The quantitative estimate of drug-likeness (QED) is 0.757. The molecule has 1 aromatic heterocycles. The average Bonchev–Trinajstić information content (AvgIpc) is 2.90. The summed E-state index contributed by atoms with van der Waals surface area (Å²) in [5.41, 5.74) is 0.278. The number of likely N-dealkylation sites (tertiary alicyclic amines) is 1. The highest BCUT2D eigenvalue weighted by Crippen LogP contribution is 2.42. The molecule has 2 amide bonds. The molecule has 8 nitrogen and oxygen atoms in total. The van der Waals surface area contributed by atoms with Crippen molar-refractivity contribution in [2.24, 2.45) is 5.41 Å². The zero-order chi connectivity index (χ0) is 18.1. The standard InChI is InChI=1S/C16H22N4O4S/c1-25(23,24)9-2-14(21)19-6-3-16(4-7-19)5-8-20(15(16)22)13-10-17-12-18-11-13/h10-12H,2-9H2,1H3. The fourth-order valence-electron chi connectivity index (χ4n) is 3.58. The number of anilines is 1. The van der Waals surface area contributed by atoms with Crippen molar-refractivity contribution < 1.29 is 18.0 Å². The van der Waals surface area contributed by atoms with Crippen LogP contribution in [0.3, 0.4) is 0 Å². The van der Waals surface area contributed by atoms with Crippen molar-refractivity contribution >= 4 is 27.3 Å². The van der Waals surface area contributed by atoms with Gasteiger partial charge in [0, 0.05) is 32.3 Å². The van der Waals surface area contributed by atoms with Gasteiger partial charge in [0.1, 0.15) is 16.2 Å². The molecule has 0 saturated carbocycles. The van der Waals surface area contributed by atoms with Crippen molar-refractivity contribution in [3.05, 3.63) is 18.7 Å². The Morgan fingerprint density at radius 2 is 1.76 bits per heavy atom. The largest absolute Gasteiger partial charge is 0.343 e. The van der Waals surface area contributed by atoms with Crippen LogP contribution in [0.5, 0.6) is 0 Å². The number of nitrogens with zero attached hydrogens (tertiary/aromatic N) is 4. The van der Waals surface area contributed by atoms with Gasteiger partial charge in [0.15, 0.2) is 0 Å². The minimum Gasteiger partial charge on any atom is -0.343 e. The van der Waals surface area contributed by atoms with Gasteiger partial charge in [0.25, 0.3) is 0 Å². The Labute approximate surface area is 147 Å². The molecule has 9 heteroatoms. The molecule has 0 aliphatic carbocycles. The second kappa shape index (κ2) is 6.70. The van der Waals surface area contributed by atoms with Crippen molar-refractivity contribution in [3.8, 4) is 0 Å². The molecule has 136 valence electrons. The highest BCUT2D eigenvalue weighted by molar-refractivity contribution is 7.90. The van der Waals surface area contributed by atoms with Gasteiger partial charge in [0.05, 0.1) is 29.2 Å². The summed E-state index contributed by atoms with van der Waals surface area (Å²) in [4.78, 5) is 36.4. The summed E-state index contributed by atoms with van der Waals surface area (Å²) in [6.07, 6.45) is 7.81. The summed E-state index contributed by atoms with van der Waals surface area (Å²) < 4.78 is 22.4. The summed E-state index contributed by atoms with van der Waals surface area (Å²) in [5, 5.41) is 0. The van der Waals surface area contributed by atoms with Crippen LogP contribution in [0.2, 0.25) is 0 Å². The number of piperidine rings is 1. The van der Waals surface area contributed by atoms with E-state index in [9.17, 15) is 18.0 Å². The first kappa shape index (κ1) is 17.8. The van der Waals surface area contributed by atoms with Crippen molar-refractivity contribution in [2.75, 3.05) is 36.5 Å². The SMILES string of the molecule is CS(=O)(=O)CCC(=O)N1CCC2(CC1)CCN(c1cncnc1)C2=O. The van der Waals surface area contributed by atoms with E-state index in [-0.39, 0.29) is 24.0 Å². The van der Waals surface area contributed by atoms with Gasteiger partial charge in [-0.1, -0.05) is 0 Å². The topological polar surface area (TPSA) is 101 Å². The van der Waals surface area contributed by atoms with E-state index in [4.69, 9.17) is 0 Å². The van der Waals surface area contributed by atoms with E-state index in [0.717, 1.165) is 12.7 Å². The zero-order valence-electron chi connectivity index (χ0n) is 14.2. The van der Waals surface area contributed by atoms with Crippen molar-refractivity contribution in [1.29, 1.82) is 0 Å². The van der Waals surface area contributed by atoms with Gasteiger partial charge in [0.2, 0.25) is 11.8 Å². The fraction of sp³-hybridized carbons (Fsp3) is 0.625. The maximum Gasteiger partial charge on any atom is 0.233 e. The molecule has 25 heavy (non-hydrogen) atoms. The van der Waals surface area contributed by atoms with E-state index < -0.39 is 15.3 Å². The molecule has 0 unspecified atom stereocenters. The second-order valence-corrected chi connectivity index (χ2v) is 9.10. The first-order chi connectivity index (χ1) is 11.8. The van der Waals surface area contributed by atoms with Gasteiger partial charge < -0.3 is 9.80 Å². The lowest BCUT2D eigenvalue weighted by atomic mass is 9.77. The predicted octanol–water partition coefficient (Wildman–Crippen LogP) is 0.257. The first-order valence-electron chi connectivity index (χ1n) is 8.33. The predicted molar refractivity (Wildman–Crippen MR) is 91.6 cm³/mol. The number of carbonyl (C=O) groups is 2. The number of rotatable bonds is 4. The number of carbonyl (C=O) groups excluding carboxylic acids is 2. The Hall–Kier alpha value is -2.03. The first-order valence-corrected chi connectivity index (χ1v) is 10.4. The molecule has 0 radical (unpaired) electrons. The molecule has 2 aliphatic rings. The van der Waals surface area contributed by atoms with Gasteiger partial charge in [-0.2, -0.15) is 0 Å². The lowest BCUT2D eigenvalue weighted by Gasteiger charge is -2.38. The Balaban J connectivity index is 1.60. The molecule has 1 spiro atoms. The van der Waals surface area contributed by atoms with Crippen LogP contribution in [0.1, 0.15) is 25.7 Å². The number of hydrogen-bond acceptors (Lipinski definition) is 6. The molecule has 0 aromatic carbocycles. The molecule has 1 aromatic rings. The Bertz CT molecular complexity index is 758. The van der Waals surface area contributed by atoms with Crippen LogP contribution in [-0.4, -0.2) is 66.7 Å². The van der Waals surface area contributed by atoms with Gasteiger partial charge in [-0.3, -0.25) is 9.59 Å². The molecule has 3 heterocycles. The summed E-state index contributed by atoms with van der Waals surface area (Å²) in [5.74, 6) is -0.210. The molecule has 0 bridgehead atoms. The van der Waals surface area contributed by atoms with E-state index in [1.165, 1.54) is 6.33 Å². The molecule has 0 atom stereocenters. The maximum atomic E-state index is 12.9. The summed E-state index contributed by atoms with van der Waals surface area (Å²) in [7, 11) is -3.15. The lowest BCUT2D eigenvalue weighted by molar-refractivity contribution is -0.137. The molecular formula is C16H22N4O4S. The van der Waals surface area contributed by atoms with E-state index in [2.05, 4.69) is 9.97 Å². The third kappa shape index (κ3) is 3.81. The smallest absolute Gasteiger partial charge is 0.233 e. The molecule has 3 rings (SSSR count). The van der Waals surface area contributed by atoms with Crippen molar-refractivity contribution in [2.45, 2.75) is 25.7 Å². The number of hydrogen-bond donors (Lipinski definition) is 0. The average molecular weight is 366 g/mol. The highest BCUT2D eigenvalue weighted by Gasteiger charge is 2.49. The monoisotopic (exact) mass is 366 g/mol. The second-order valence-electron chi connectivity index (χ2n) is 6.84. The molecule has 2 aliphatic heterocycles. The van der Waals surface area contributed by atoms with Gasteiger partial charge in [-0.25, -0.2) is 18.4 Å². The molecular weight excluding hydrogens is 344 g/mol. The molecule has 0 N–H and O–H groups in total. The lowest BCUT2D eigenvalue weighted by Crippen LogP contribution is -2.47. The highest BCUT2D eigenvalue weighted by atomic mass is 32.2. The minimum absolute atomic E-state index is 0.00720. The van der Waals surface area contributed by atoms with Crippen molar-refractivity contribution in [1.82, 2.24) is 14.9 Å². The Morgan fingerprint density at radius 1 is 1.16 bits per heavy atom. The van der Waals surface area contributed by atoms with E-state index in [1.807, 2.05) is 0 Å². The zero-order valence-corrected chi connectivity index (χ0v) is 15.0. The van der Waals surface area contributed by atoms with Gasteiger partial charge in [-0.05, 0) is 19.3 Å². The van der Waals surface area contributed by atoms with Crippen LogP contribution >= 0.6 is 0 Å². The minimum atomic E-state index is -3.15. The number of aromatic nitrogens is 2. The van der Waals surface area contributed by atoms with Gasteiger partial charge >= 0.3 is 0 Å². The molecule has 2 fully saturated rings. The van der Waals surface area contributed by atoms with E-state index >= 15 is 0 Å². The van der Waals surface area contributed by atoms with E-state index in [0.29, 0.717) is 38.2 Å². The number of sulfone groups is 1. The van der Waals surface area contributed by atoms with Crippen LogP contribution in [0, 0.1) is 5.41 Å². The summed E-state index contributed by atoms with van der Waals surface area (Å²) in [6, 6.07) is 0. The third-order valence-corrected chi connectivity index (χ3v) is 6.08. The van der Waals surface area contributed by atoms with Crippen LogP contribution in [0.25, 0.3) is 0 Å². The summed E-state index contributed by atoms with van der Waals surface area (Å²) >= 11 is 0. The molecule has 2 saturated heterocycles. The Kier molecular flexibility index (Phi) is 4.77. The fourth-order valence-corrected chi connectivity index (χ4v) is 4.12. The normalized spacial score (nSPS) is 20.3. The van der Waals surface area contributed by atoms with Gasteiger partial charge in [-0.15, -0.1) is 0 Å². The van der Waals surface area contributed by atoms with E-state index in [1.54, 1.807) is 22.2 Å². The van der Waals surface area contributed by atoms with Crippen LogP contribution in [0.4, 0.5) is 5.69 Å². The van der Waals surface area contributed by atoms with Crippen LogP contribution < -0.4 is 4.90 Å².